The zero-order chi connectivity index (χ0) is 14.6. The quantitative estimate of drug-likeness (QED) is 0.899. The molecule has 3 nitrogen and oxygen atoms in total. The van der Waals surface area contributed by atoms with E-state index in [4.69, 9.17) is 15.2 Å². The highest BCUT2D eigenvalue weighted by Gasteiger charge is 2.40. The summed E-state index contributed by atoms with van der Waals surface area (Å²) < 4.78 is 11.3. The van der Waals surface area contributed by atoms with E-state index < -0.39 is 0 Å². The molecule has 0 aliphatic heterocycles. The van der Waals surface area contributed by atoms with E-state index in [2.05, 4.69) is 13.0 Å². The third-order valence-corrected chi connectivity index (χ3v) is 4.71. The first-order valence-corrected chi connectivity index (χ1v) is 7.54. The molecule has 3 atom stereocenters. The van der Waals surface area contributed by atoms with Crippen LogP contribution in [0.2, 0.25) is 0 Å². The summed E-state index contributed by atoms with van der Waals surface area (Å²) in [5, 5.41) is 0. The van der Waals surface area contributed by atoms with Crippen LogP contribution in [0.3, 0.4) is 0 Å². The fourth-order valence-electron chi connectivity index (χ4n) is 3.51. The molecule has 3 heteroatoms. The van der Waals surface area contributed by atoms with Gasteiger partial charge < -0.3 is 15.2 Å². The first-order chi connectivity index (χ1) is 9.61. The molecular formula is C17H27NO2. The number of hydrogen-bond donors (Lipinski definition) is 1. The molecule has 1 aromatic rings. The lowest BCUT2D eigenvalue weighted by atomic mass is 9.73. The van der Waals surface area contributed by atoms with Gasteiger partial charge in [-0.1, -0.05) is 38.0 Å². The monoisotopic (exact) mass is 277 g/mol. The summed E-state index contributed by atoms with van der Waals surface area (Å²) in [6.45, 7) is 2.29. The van der Waals surface area contributed by atoms with Crippen LogP contribution >= 0.6 is 0 Å². The molecule has 1 aliphatic rings. The molecule has 0 aromatic heterocycles. The van der Waals surface area contributed by atoms with E-state index in [-0.39, 0.29) is 11.6 Å². The smallest absolute Gasteiger partial charge is 0.122 e. The molecule has 0 spiro atoms. The topological polar surface area (TPSA) is 44.5 Å². The van der Waals surface area contributed by atoms with Gasteiger partial charge >= 0.3 is 0 Å². The highest BCUT2D eigenvalue weighted by molar-refractivity contribution is 5.34. The highest BCUT2D eigenvalue weighted by atomic mass is 16.5. The van der Waals surface area contributed by atoms with Gasteiger partial charge in [0.1, 0.15) is 5.75 Å². The minimum atomic E-state index is -0.182. The first kappa shape index (κ1) is 15.3. The molecule has 2 rings (SSSR count). The Balaban J connectivity index is 2.14. The Morgan fingerprint density at radius 2 is 2.10 bits per heavy atom. The number of rotatable bonds is 5. The van der Waals surface area contributed by atoms with Gasteiger partial charge in [0, 0.05) is 13.2 Å². The summed E-state index contributed by atoms with van der Waals surface area (Å²) in [5.41, 5.74) is 7.51. The van der Waals surface area contributed by atoms with E-state index in [1.807, 2.05) is 18.2 Å². The maximum absolute atomic E-state index is 6.53. The van der Waals surface area contributed by atoms with Gasteiger partial charge in [-0.15, -0.1) is 0 Å². The summed E-state index contributed by atoms with van der Waals surface area (Å²) in [4.78, 5) is 0. The van der Waals surface area contributed by atoms with Crippen LogP contribution in [-0.2, 0) is 11.2 Å². The number of ether oxygens (including phenoxy) is 2. The third kappa shape index (κ3) is 3.15. The van der Waals surface area contributed by atoms with E-state index in [0.29, 0.717) is 5.92 Å². The van der Waals surface area contributed by atoms with Crippen molar-refractivity contribution in [2.45, 2.75) is 50.7 Å². The maximum Gasteiger partial charge on any atom is 0.122 e. The molecule has 0 radical (unpaired) electrons. The Bertz CT molecular complexity index is 435. The van der Waals surface area contributed by atoms with Crippen LogP contribution in [0.25, 0.3) is 0 Å². The molecule has 3 unspecified atom stereocenters. The van der Waals surface area contributed by atoms with Crippen LogP contribution < -0.4 is 10.5 Å². The first-order valence-electron chi connectivity index (χ1n) is 7.54. The van der Waals surface area contributed by atoms with Crippen LogP contribution in [0, 0.1) is 5.92 Å². The SMILES string of the molecule is COc1ccccc1CC(N)C1(OC)CCCC(C)C1. The van der Waals surface area contributed by atoms with Crippen molar-refractivity contribution >= 4 is 0 Å². The van der Waals surface area contributed by atoms with E-state index in [0.717, 1.165) is 30.6 Å². The van der Waals surface area contributed by atoms with Crippen molar-refractivity contribution in [1.29, 1.82) is 0 Å². The number of benzene rings is 1. The second-order valence-corrected chi connectivity index (χ2v) is 6.09. The van der Waals surface area contributed by atoms with Crippen LogP contribution in [0.5, 0.6) is 5.75 Å². The van der Waals surface area contributed by atoms with Crippen molar-refractivity contribution < 1.29 is 9.47 Å². The van der Waals surface area contributed by atoms with Crippen LogP contribution in [0.15, 0.2) is 24.3 Å². The number of hydrogen-bond acceptors (Lipinski definition) is 3. The predicted octanol–water partition coefficient (Wildman–Crippen LogP) is 3.16. The minimum absolute atomic E-state index is 0.00606. The minimum Gasteiger partial charge on any atom is -0.496 e. The molecule has 0 saturated heterocycles. The van der Waals surface area contributed by atoms with Crippen LogP contribution in [-0.4, -0.2) is 25.9 Å². The second-order valence-electron chi connectivity index (χ2n) is 6.09. The maximum atomic E-state index is 6.53. The molecule has 0 amide bonds. The van der Waals surface area contributed by atoms with Gasteiger partial charge in [-0.2, -0.15) is 0 Å². The standard InChI is InChI=1S/C17H27NO2/c1-13-7-6-10-17(12-13,20-3)16(18)11-14-8-4-5-9-15(14)19-2/h4-5,8-9,13,16H,6-7,10-12,18H2,1-3H3. The average molecular weight is 277 g/mol. The van der Waals surface area contributed by atoms with Gasteiger partial charge in [-0.05, 0) is 36.8 Å². The summed E-state index contributed by atoms with van der Waals surface area (Å²) in [6, 6.07) is 8.11. The fourth-order valence-corrected chi connectivity index (χ4v) is 3.51. The van der Waals surface area contributed by atoms with E-state index in [1.54, 1.807) is 14.2 Å². The molecule has 1 saturated carbocycles. The Labute approximate surface area is 122 Å². The third-order valence-electron chi connectivity index (χ3n) is 4.71. The van der Waals surface area contributed by atoms with Crippen molar-refractivity contribution in [2.75, 3.05) is 14.2 Å². The molecule has 112 valence electrons. The molecule has 0 heterocycles. The van der Waals surface area contributed by atoms with Crippen molar-refractivity contribution in [3.05, 3.63) is 29.8 Å². The van der Waals surface area contributed by atoms with Crippen LogP contribution in [0.4, 0.5) is 0 Å². The molecule has 1 fully saturated rings. The number of nitrogens with two attached hydrogens (primary N) is 1. The Morgan fingerprint density at radius 3 is 2.75 bits per heavy atom. The highest BCUT2D eigenvalue weighted by Crippen LogP contribution is 2.38. The van der Waals surface area contributed by atoms with E-state index >= 15 is 0 Å². The lowest BCUT2D eigenvalue weighted by Crippen LogP contribution is -2.53. The summed E-state index contributed by atoms with van der Waals surface area (Å²) in [5.74, 6) is 1.60. The Kier molecular flexibility index (Phi) is 5.06. The molecular weight excluding hydrogens is 250 g/mol. The molecule has 1 aromatic carbocycles. The molecule has 1 aliphatic carbocycles. The largest absolute Gasteiger partial charge is 0.496 e. The van der Waals surface area contributed by atoms with Gasteiger partial charge in [0.15, 0.2) is 0 Å². The van der Waals surface area contributed by atoms with Gasteiger partial charge in [-0.3, -0.25) is 0 Å². The average Bonchev–Trinajstić information content (AvgIpc) is 2.47. The number of para-hydroxylation sites is 1. The zero-order valence-electron chi connectivity index (χ0n) is 12.9. The van der Waals surface area contributed by atoms with Gasteiger partial charge in [0.05, 0.1) is 12.7 Å². The van der Waals surface area contributed by atoms with Gasteiger partial charge in [-0.25, -0.2) is 0 Å². The summed E-state index contributed by atoms with van der Waals surface area (Å²) in [6.07, 6.45) is 5.40. The van der Waals surface area contributed by atoms with Gasteiger partial charge in [0.25, 0.3) is 0 Å². The number of methoxy groups -OCH3 is 2. The van der Waals surface area contributed by atoms with E-state index in [9.17, 15) is 0 Å². The molecule has 2 N–H and O–H groups in total. The second kappa shape index (κ2) is 6.59. The Hall–Kier alpha value is -1.06. The summed E-state index contributed by atoms with van der Waals surface area (Å²) >= 11 is 0. The van der Waals surface area contributed by atoms with Crippen molar-refractivity contribution in [2.24, 2.45) is 11.7 Å². The predicted molar refractivity (Wildman–Crippen MR) is 82.0 cm³/mol. The lowest BCUT2D eigenvalue weighted by Gasteiger charge is -2.43. The van der Waals surface area contributed by atoms with Gasteiger partial charge in [0.2, 0.25) is 0 Å². The fraction of sp³-hybridized carbons (Fsp3) is 0.647. The molecule has 20 heavy (non-hydrogen) atoms. The van der Waals surface area contributed by atoms with E-state index in [1.165, 1.54) is 12.8 Å². The van der Waals surface area contributed by atoms with Crippen LogP contribution in [0.1, 0.15) is 38.2 Å². The normalized spacial score (nSPS) is 28.1. The van der Waals surface area contributed by atoms with Crippen molar-refractivity contribution in [1.82, 2.24) is 0 Å². The lowest BCUT2D eigenvalue weighted by molar-refractivity contribution is -0.0705. The zero-order valence-corrected chi connectivity index (χ0v) is 12.9. The van der Waals surface area contributed by atoms with Crippen molar-refractivity contribution in [3.63, 3.8) is 0 Å². The molecule has 0 bridgehead atoms. The Morgan fingerprint density at radius 1 is 1.35 bits per heavy atom. The van der Waals surface area contributed by atoms with Crippen molar-refractivity contribution in [3.8, 4) is 5.75 Å². The summed E-state index contributed by atoms with van der Waals surface area (Å²) in [7, 11) is 3.51.